The number of hydrogen-bond acceptors (Lipinski definition) is 10. The topological polar surface area (TPSA) is 106 Å². The van der Waals surface area contributed by atoms with Crippen LogP contribution in [0.2, 0.25) is 0 Å². The molecular weight excluding hydrogens is 609 g/mol. The monoisotopic (exact) mass is 644 g/mol. The summed E-state index contributed by atoms with van der Waals surface area (Å²) in [6.07, 6.45) is 5.35. The number of carbonyl (C=O) groups is 1. The van der Waals surface area contributed by atoms with Crippen molar-refractivity contribution in [2.24, 2.45) is 0 Å². The highest BCUT2D eigenvalue weighted by Crippen LogP contribution is 2.42. The van der Waals surface area contributed by atoms with Crippen molar-refractivity contribution in [1.29, 1.82) is 0 Å². The van der Waals surface area contributed by atoms with Gasteiger partial charge in [-0.25, -0.2) is 0 Å². The highest BCUT2D eigenvalue weighted by molar-refractivity contribution is 8.26. The van der Waals surface area contributed by atoms with Crippen LogP contribution in [-0.4, -0.2) is 93.8 Å². The van der Waals surface area contributed by atoms with Crippen LogP contribution < -0.4 is 9.47 Å². The van der Waals surface area contributed by atoms with E-state index >= 15 is 0 Å². The van der Waals surface area contributed by atoms with Crippen LogP contribution >= 0.6 is 24.0 Å². The van der Waals surface area contributed by atoms with Crippen molar-refractivity contribution in [2.75, 3.05) is 53.1 Å². The maximum Gasteiger partial charge on any atom is 0.266 e. The van der Waals surface area contributed by atoms with E-state index < -0.39 is 0 Å². The number of unbranched alkanes of at least 4 members (excludes halogenated alkanes) is 2. The number of thioether (sulfide) groups is 1. The lowest BCUT2D eigenvalue weighted by molar-refractivity contribution is -0.122. The van der Waals surface area contributed by atoms with Gasteiger partial charge >= 0.3 is 0 Å². The molecule has 4 aromatic rings. The number of amides is 1. The number of aryl methyl sites for hydroxylation is 1. The van der Waals surface area contributed by atoms with E-state index in [1.807, 2.05) is 24.3 Å². The van der Waals surface area contributed by atoms with Crippen LogP contribution in [0.15, 0.2) is 59.5 Å². The molecule has 12 heteroatoms. The highest BCUT2D eigenvalue weighted by Gasteiger charge is 2.31. The van der Waals surface area contributed by atoms with Crippen molar-refractivity contribution in [3.63, 3.8) is 0 Å². The Bertz CT molecular complexity index is 1670. The minimum atomic E-state index is -0.0692. The maximum atomic E-state index is 13.4. The Morgan fingerprint density at radius 3 is 2.69 bits per heavy atom. The van der Waals surface area contributed by atoms with Gasteiger partial charge in [-0.3, -0.25) is 14.6 Å². The van der Waals surface area contributed by atoms with Crippen LogP contribution in [0, 0.1) is 0 Å². The molecule has 1 N–H and O–H groups in total. The molecule has 1 amide bonds. The Morgan fingerprint density at radius 1 is 1.04 bits per heavy atom. The first-order valence-electron chi connectivity index (χ1n) is 15.2. The summed E-state index contributed by atoms with van der Waals surface area (Å²) in [5.41, 5.74) is 2.76. The van der Waals surface area contributed by atoms with E-state index in [2.05, 4.69) is 61.9 Å². The summed E-state index contributed by atoms with van der Waals surface area (Å²) in [7, 11) is 1.65. The van der Waals surface area contributed by atoms with Crippen molar-refractivity contribution in [2.45, 2.75) is 25.7 Å². The first kappa shape index (κ1) is 31.2. The van der Waals surface area contributed by atoms with Gasteiger partial charge in [0.15, 0.2) is 17.3 Å². The number of carbonyl (C=O) groups excluding carboxylic acids is 1. The molecule has 6 rings (SSSR count). The number of H-pyrrole nitrogens is 1. The van der Waals surface area contributed by atoms with E-state index in [0.29, 0.717) is 39.7 Å². The molecule has 1 aromatic heterocycles. The molecule has 2 saturated heterocycles. The number of benzene rings is 3. The first-order valence-corrected chi connectivity index (χ1v) is 16.4. The Morgan fingerprint density at radius 2 is 1.89 bits per heavy atom. The Kier molecular flexibility index (Phi) is 10.4. The third-order valence-corrected chi connectivity index (χ3v) is 9.34. The van der Waals surface area contributed by atoms with Gasteiger partial charge in [-0.05, 0) is 59.0 Å². The molecule has 0 unspecified atom stereocenters. The lowest BCUT2D eigenvalue weighted by Gasteiger charge is -2.26. The van der Waals surface area contributed by atoms with Gasteiger partial charge in [-0.1, -0.05) is 72.0 Å². The lowest BCUT2D eigenvalue weighted by Crippen LogP contribution is -2.38. The lowest BCUT2D eigenvalue weighted by atomic mass is 9.98. The minimum Gasteiger partial charge on any atom is -0.493 e. The molecule has 2 aliphatic rings. The molecule has 3 heterocycles. The summed E-state index contributed by atoms with van der Waals surface area (Å²) in [6.45, 7) is 5.18. The molecule has 0 atom stereocenters. The number of thiocarbonyl (C=S) groups is 1. The van der Waals surface area contributed by atoms with Gasteiger partial charge in [0.1, 0.15) is 10.9 Å². The number of methoxy groups -OCH3 is 1. The third-order valence-electron chi connectivity index (χ3n) is 7.96. The van der Waals surface area contributed by atoms with E-state index in [9.17, 15) is 4.79 Å². The summed E-state index contributed by atoms with van der Waals surface area (Å²) < 4.78 is 18.4. The second-order valence-electron chi connectivity index (χ2n) is 10.9. The summed E-state index contributed by atoms with van der Waals surface area (Å²) in [5.74, 6) is 1.94. The van der Waals surface area contributed by atoms with Crippen LogP contribution in [0.25, 0.3) is 28.0 Å². The molecule has 0 bridgehead atoms. The molecule has 0 aliphatic carbocycles. The fourth-order valence-corrected chi connectivity index (χ4v) is 6.85. The fraction of sp³-hybridized carbons (Fsp3) is 0.364. The van der Waals surface area contributed by atoms with Gasteiger partial charge < -0.3 is 14.2 Å². The van der Waals surface area contributed by atoms with Crippen molar-refractivity contribution in [3.05, 3.63) is 70.9 Å². The van der Waals surface area contributed by atoms with Crippen molar-refractivity contribution < 1.29 is 19.0 Å². The first-order chi connectivity index (χ1) is 22.1. The SMILES string of the molecule is COc1cc(/C=C2\SC(=S)N(CCCCCc3nn[nH]n3)C2=O)cc(-c2ccc3ccccc3c2)c1OCCN1CCOCC1. The van der Waals surface area contributed by atoms with Gasteiger partial charge in [-0.15, -0.1) is 10.2 Å². The number of aromatic nitrogens is 4. The zero-order valence-corrected chi connectivity index (χ0v) is 26.9. The minimum absolute atomic E-state index is 0.0692. The summed E-state index contributed by atoms with van der Waals surface area (Å²) >= 11 is 6.95. The van der Waals surface area contributed by atoms with E-state index in [1.165, 1.54) is 11.8 Å². The molecule has 10 nitrogen and oxygen atoms in total. The van der Waals surface area contributed by atoms with Gasteiger partial charge in [-0.2, -0.15) is 5.21 Å². The maximum absolute atomic E-state index is 13.4. The van der Waals surface area contributed by atoms with E-state index in [1.54, 1.807) is 12.0 Å². The van der Waals surface area contributed by atoms with Crippen molar-refractivity contribution in [1.82, 2.24) is 30.4 Å². The zero-order chi connectivity index (χ0) is 31.0. The van der Waals surface area contributed by atoms with Gasteiger partial charge in [0.25, 0.3) is 5.91 Å². The molecule has 0 saturated carbocycles. The number of morpholine rings is 1. The summed E-state index contributed by atoms with van der Waals surface area (Å²) in [4.78, 5) is 18.1. The molecule has 2 fully saturated rings. The average molecular weight is 645 g/mol. The predicted octanol–water partition coefficient (Wildman–Crippen LogP) is 5.35. The van der Waals surface area contributed by atoms with E-state index in [4.69, 9.17) is 26.4 Å². The zero-order valence-electron chi connectivity index (χ0n) is 25.2. The predicted molar refractivity (Wildman–Crippen MR) is 180 cm³/mol. The highest BCUT2D eigenvalue weighted by atomic mass is 32.2. The van der Waals surface area contributed by atoms with Crippen LogP contribution in [0.1, 0.15) is 30.7 Å². The number of rotatable bonds is 13. The number of tetrazole rings is 1. The molecule has 45 heavy (non-hydrogen) atoms. The van der Waals surface area contributed by atoms with Crippen LogP contribution in [0.4, 0.5) is 0 Å². The number of nitrogens with zero attached hydrogens (tertiary/aromatic N) is 5. The summed E-state index contributed by atoms with van der Waals surface area (Å²) in [5, 5.41) is 16.3. The number of hydrogen-bond donors (Lipinski definition) is 1. The quantitative estimate of drug-likeness (QED) is 0.116. The molecule has 3 aromatic carbocycles. The number of nitrogens with one attached hydrogen (secondary N) is 1. The Hall–Kier alpha value is -3.84. The largest absolute Gasteiger partial charge is 0.493 e. The normalized spacial score (nSPS) is 16.6. The van der Waals surface area contributed by atoms with E-state index in [0.717, 1.165) is 86.0 Å². The molecule has 234 valence electrons. The Balaban J connectivity index is 1.22. The van der Waals surface area contributed by atoms with Crippen molar-refractivity contribution >= 4 is 51.1 Å². The van der Waals surface area contributed by atoms with Gasteiger partial charge in [0.05, 0.1) is 25.2 Å². The van der Waals surface area contributed by atoms with Gasteiger partial charge in [0, 0.05) is 38.2 Å². The summed E-state index contributed by atoms with van der Waals surface area (Å²) in [6, 6.07) is 18.7. The average Bonchev–Trinajstić information content (AvgIpc) is 3.68. The number of fused-ring (bicyclic) bond motifs is 1. The fourth-order valence-electron chi connectivity index (χ4n) is 5.54. The van der Waals surface area contributed by atoms with Gasteiger partial charge in [0.2, 0.25) is 0 Å². The Labute approximate surface area is 272 Å². The molecule has 0 spiro atoms. The van der Waals surface area contributed by atoms with Crippen molar-refractivity contribution in [3.8, 4) is 22.6 Å². The van der Waals surface area contributed by atoms with Crippen LogP contribution in [-0.2, 0) is 16.0 Å². The molecular formula is C33H36N6O4S2. The number of aromatic amines is 1. The van der Waals surface area contributed by atoms with E-state index in [-0.39, 0.29) is 5.91 Å². The molecule has 2 aliphatic heterocycles. The molecule has 0 radical (unpaired) electrons. The van der Waals surface area contributed by atoms with Crippen LogP contribution in [0.3, 0.4) is 0 Å². The number of ether oxygens (including phenoxy) is 3. The second kappa shape index (κ2) is 15.0. The second-order valence-corrected chi connectivity index (χ2v) is 12.6. The standard InChI is InChI=1S/C33H36N6O4S2/c1-41-28-20-23(21-29-32(40)39(33(44)45-29)12-6-2-3-9-30-34-36-37-35-30)19-27(26-11-10-24-7-4-5-8-25(24)22-26)31(28)43-18-15-38-13-16-42-17-14-38/h4-5,7-8,10-11,19-22H,2-3,6,9,12-18H2,1H3,(H,34,35,36,37)/b29-21-. The third kappa shape index (κ3) is 7.70. The smallest absolute Gasteiger partial charge is 0.266 e. The van der Waals surface area contributed by atoms with Crippen LogP contribution in [0.5, 0.6) is 11.5 Å².